The zero-order valence-electron chi connectivity index (χ0n) is 10.6. The third kappa shape index (κ3) is 3.60. The standard InChI is InChI=1S/C15H16N2.ClH/c1-11-8-12(2)10-14(9-11)17-15(16)13-6-4-3-5-7-13;/h3-10H,1-2H3,(H2,16,17);1H. The molecular weight excluding hydrogens is 244 g/mol. The van der Waals surface area contributed by atoms with Gasteiger partial charge >= 0.3 is 0 Å². The van der Waals surface area contributed by atoms with Crippen molar-refractivity contribution in [3.63, 3.8) is 0 Å². The van der Waals surface area contributed by atoms with Crippen LogP contribution in [-0.2, 0) is 0 Å². The first kappa shape index (κ1) is 14.3. The van der Waals surface area contributed by atoms with Gasteiger partial charge in [0.25, 0.3) is 0 Å². The van der Waals surface area contributed by atoms with Crippen molar-refractivity contribution in [2.45, 2.75) is 13.8 Å². The SMILES string of the molecule is Cc1cc(C)cc(N=C(N)c2ccccc2)c1.Cl. The van der Waals surface area contributed by atoms with Crippen molar-refractivity contribution in [2.75, 3.05) is 0 Å². The third-order valence-corrected chi connectivity index (χ3v) is 2.53. The highest BCUT2D eigenvalue weighted by atomic mass is 35.5. The Morgan fingerprint density at radius 1 is 0.944 bits per heavy atom. The van der Waals surface area contributed by atoms with E-state index in [1.807, 2.05) is 42.5 Å². The molecule has 0 heterocycles. The topological polar surface area (TPSA) is 38.4 Å². The van der Waals surface area contributed by atoms with Crippen LogP contribution in [0.3, 0.4) is 0 Å². The van der Waals surface area contributed by atoms with Crippen LogP contribution >= 0.6 is 12.4 Å². The molecular formula is C15H17ClN2. The molecule has 2 rings (SSSR count). The molecule has 0 aliphatic rings. The molecule has 94 valence electrons. The third-order valence-electron chi connectivity index (χ3n) is 2.53. The van der Waals surface area contributed by atoms with Crippen molar-refractivity contribution < 1.29 is 0 Å². The maximum Gasteiger partial charge on any atom is 0.131 e. The quantitative estimate of drug-likeness (QED) is 0.648. The summed E-state index contributed by atoms with van der Waals surface area (Å²) in [6.45, 7) is 4.12. The van der Waals surface area contributed by atoms with Gasteiger partial charge in [0.05, 0.1) is 5.69 Å². The first-order valence-corrected chi connectivity index (χ1v) is 5.63. The van der Waals surface area contributed by atoms with E-state index < -0.39 is 0 Å². The van der Waals surface area contributed by atoms with Crippen LogP contribution in [0.5, 0.6) is 0 Å². The predicted octanol–water partition coefficient (Wildman–Crippen LogP) is 3.76. The Bertz CT molecular complexity index is 527. The number of aryl methyl sites for hydroxylation is 2. The second-order valence-corrected chi connectivity index (χ2v) is 4.21. The molecule has 2 nitrogen and oxygen atoms in total. The van der Waals surface area contributed by atoms with Crippen molar-refractivity contribution in [2.24, 2.45) is 10.7 Å². The van der Waals surface area contributed by atoms with E-state index in [9.17, 15) is 0 Å². The Morgan fingerprint density at radius 3 is 2.06 bits per heavy atom. The minimum atomic E-state index is 0. The van der Waals surface area contributed by atoms with Gasteiger partial charge in [-0.05, 0) is 37.1 Å². The fraction of sp³-hybridized carbons (Fsp3) is 0.133. The maximum atomic E-state index is 5.98. The number of hydrogen-bond donors (Lipinski definition) is 1. The lowest BCUT2D eigenvalue weighted by Crippen LogP contribution is -2.12. The number of halogens is 1. The minimum Gasteiger partial charge on any atom is -0.383 e. The molecule has 0 aromatic heterocycles. The Labute approximate surface area is 114 Å². The molecule has 2 aromatic rings. The summed E-state index contributed by atoms with van der Waals surface area (Å²) in [5.41, 5.74) is 10.2. The summed E-state index contributed by atoms with van der Waals surface area (Å²) in [7, 11) is 0. The zero-order chi connectivity index (χ0) is 12.3. The van der Waals surface area contributed by atoms with Gasteiger partial charge in [0.2, 0.25) is 0 Å². The van der Waals surface area contributed by atoms with Gasteiger partial charge in [0.15, 0.2) is 0 Å². The summed E-state index contributed by atoms with van der Waals surface area (Å²) >= 11 is 0. The number of hydrogen-bond acceptors (Lipinski definition) is 1. The van der Waals surface area contributed by atoms with E-state index in [4.69, 9.17) is 5.73 Å². The minimum absolute atomic E-state index is 0. The lowest BCUT2D eigenvalue weighted by molar-refractivity contribution is 1.35. The summed E-state index contributed by atoms with van der Waals surface area (Å²) in [6, 6.07) is 16.0. The van der Waals surface area contributed by atoms with E-state index in [0.29, 0.717) is 5.84 Å². The summed E-state index contributed by atoms with van der Waals surface area (Å²) in [6.07, 6.45) is 0. The van der Waals surface area contributed by atoms with E-state index in [0.717, 1.165) is 11.3 Å². The van der Waals surface area contributed by atoms with Crippen LogP contribution in [-0.4, -0.2) is 5.84 Å². The molecule has 2 N–H and O–H groups in total. The molecule has 0 aliphatic heterocycles. The number of nitrogens with two attached hydrogens (primary N) is 1. The molecule has 0 atom stereocenters. The van der Waals surface area contributed by atoms with Crippen molar-refractivity contribution >= 4 is 23.9 Å². The summed E-state index contributed by atoms with van der Waals surface area (Å²) < 4.78 is 0. The molecule has 0 radical (unpaired) electrons. The van der Waals surface area contributed by atoms with Crippen molar-refractivity contribution in [1.82, 2.24) is 0 Å². The summed E-state index contributed by atoms with van der Waals surface area (Å²) in [5, 5.41) is 0. The first-order valence-electron chi connectivity index (χ1n) is 5.63. The zero-order valence-corrected chi connectivity index (χ0v) is 11.4. The number of rotatable bonds is 2. The van der Waals surface area contributed by atoms with Gasteiger partial charge in [-0.2, -0.15) is 0 Å². The maximum absolute atomic E-state index is 5.98. The van der Waals surface area contributed by atoms with Gasteiger partial charge in [-0.1, -0.05) is 36.4 Å². The Balaban J connectivity index is 0.00000162. The Morgan fingerprint density at radius 2 is 1.50 bits per heavy atom. The van der Waals surface area contributed by atoms with Crippen LogP contribution in [0.4, 0.5) is 5.69 Å². The molecule has 0 bridgehead atoms. The van der Waals surface area contributed by atoms with Crippen molar-refractivity contribution in [1.29, 1.82) is 0 Å². The highest BCUT2D eigenvalue weighted by Gasteiger charge is 1.98. The average Bonchev–Trinajstić information content (AvgIpc) is 2.28. The molecule has 0 amide bonds. The second-order valence-electron chi connectivity index (χ2n) is 4.21. The van der Waals surface area contributed by atoms with Gasteiger partial charge in [-0.15, -0.1) is 12.4 Å². The first-order chi connectivity index (χ1) is 8.15. The van der Waals surface area contributed by atoms with Crippen LogP contribution in [0.15, 0.2) is 53.5 Å². The average molecular weight is 261 g/mol. The normalized spacial score (nSPS) is 10.9. The molecule has 0 saturated heterocycles. The molecule has 0 unspecified atom stereocenters. The van der Waals surface area contributed by atoms with Gasteiger partial charge < -0.3 is 5.73 Å². The van der Waals surface area contributed by atoms with Crippen LogP contribution in [0, 0.1) is 13.8 Å². The fourth-order valence-electron chi connectivity index (χ4n) is 1.83. The van der Waals surface area contributed by atoms with Gasteiger partial charge in [0.1, 0.15) is 5.84 Å². The Hall–Kier alpha value is -1.80. The molecule has 0 saturated carbocycles. The highest BCUT2D eigenvalue weighted by molar-refractivity contribution is 5.99. The largest absolute Gasteiger partial charge is 0.383 e. The molecule has 0 fully saturated rings. The lowest BCUT2D eigenvalue weighted by Gasteiger charge is -2.03. The van der Waals surface area contributed by atoms with Gasteiger partial charge in [0, 0.05) is 5.56 Å². The molecule has 0 spiro atoms. The second kappa shape index (κ2) is 6.22. The van der Waals surface area contributed by atoms with Crippen LogP contribution in [0.1, 0.15) is 16.7 Å². The molecule has 0 aliphatic carbocycles. The summed E-state index contributed by atoms with van der Waals surface area (Å²) in [4.78, 5) is 4.45. The molecule has 2 aromatic carbocycles. The van der Waals surface area contributed by atoms with Crippen molar-refractivity contribution in [3.8, 4) is 0 Å². The van der Waals surface area contributed by atoms with Crippen LogP contribution < -0.4 is 5.73 Å². The fourth-order valence-corrected chi connectivity index (χ4v) is 1.83. The van der Waals surface area contributed by atoms with E-state index in [-0.39, 0.29) is 12.4 Å². The van der Waals surface area contributed by atoms with E-state index >= 15 is 0 Å². The molecule has 3 heteroatoms. The predicted molar refractivity (Wildman–Crippen MR) is 80.0 cm³/mol. The number of nitrogens with zero attached hydrogens (tertiary/aromatic N) is 1. The number of benzene rings is 2. The number of aliphatic imine (C=N–C) groups is 1. The van der Waals surface area contributed by atoms with E-state index in [1.165, 1.54) is 11.1 Å². The molecule has 18 heavy (non-hydrogen) atoms. The van der Waals surface area contributed by atoms with Crippen molar-refractivity contribution in [3.05, 3.63) is 65.2 Å². The van der Waals surface area contributed by atoms with E-state index in [1.54, 1.807) is 0 Å². The number of amidine groups is 1. The van der Waals surface area contributed by atoms with Gasteiger partial charge in [-0.25, -0.2) is 4.99 Å². The highest BCUT2D eigenvalue weighted by Crippen LogP contribution is 2.17. The van der Waals surface area contributed by atoms with Crippen LogP contribution in [0.2, 0.25) is 0 Å². The van der Waals surface area contributed by atoms with Crippen LogP contribution in [0.25, 0.3) is 0 Å². The monoisotopic (exact) mass is 260 g/mol. The van der Waals surface area contributed by atoms with Gasteiger partial charge in [-0.3, -0.25) is 0 Å². The lowest BCUT2D eigenvalue weighted by atomic mass is 10.1. The summed E-state index contributed by atoms with van der Waals surface area (Å²) in [5.74, 6) is 0.551. The van der Waals surface area contributed by atoms with E-state index in [2.05, 4.69) is 24.9 Å². The Kier molecular flexibility index (Phi) is 4.93. The smallest absolute Gasteiger partial charge is 0.131 e.